The van der Waals surface area contributed by atoms with Gasteiger partial charge in [-0.25, -0.2) is 13.8 Å². The molecule has 9 heteroatoms. The highest BCUT2D eigenvalue weighted by atomic mass is 32.1. The molecule has 4 aromatic rings. The summed E-state index contributed by atoms with van der Waals surface area (Å²) in [5.74, 6) is -0.759. The molecule has 0 aliphatic carbocycles. The molecule has 0 aliphatic rings. The van der Waals surface area contributed by atoms with Gasteiger partial charge in [0.15, 0.2) is 11.5 Å². The van der Waals surface area contributed by atoms with Crippen LogP contribution >= 0.6 is 11.3 Å². The van der Waals surface area contributed by atoms with E-state index in [1.807, 2.05) is 12.1 Å². The number of amides is 1. The number of halogens is 2. The Morgan fingerprint density at radius 3 is 2.48 bits per heavy atom. The second-order valence-corrected chi connectivity index (χ2v) is 7.87. The number of methoxy groups -OCH3 is 1. The molecule has 0 fully saturated rings. The van der Waals surface area contributed by atoms with E-state index in [1.54, 1.807) is 36.0 Å². The topological polar surface area (TPSA) is 73.3 Å². The standard InChI is InChI=1S/C24H19F2N3O3S/c1-31-22-10-17(2-3-21(22)32-13-16-8-18(25)11-19(26)9-16)24-29-20(14-33-24)23(30)28-12-15-4-6-27-7-5-15/h2-11,14H,12-13H2,1H3,(H,28,30). The molecule has 0 aliphatic heterocycles. The van der Waals surface area contributed by atoms with Gasteiger partial charge in [0.25, 0.3) is 5.91 Å². The molecule has 0 saturated carbocycles. The van der Waals surface area contributed by atoms with Crippen molar-refractivity contribution in [1.29, 1.82) is 0 Å². The largest absolute Gasteiger partial charge is 0.493 e. The molecular formula is C24H19F2N3O3S. The molecule has 33 heavy (non-hydrogen) atoms. The van der Waals surface area contributed by atoms with Crippen molar-refractivity contribution in [2.45, 2.75) is 13.2 Å². The van der Waals surface area contributed by atoms with Gasteiger partial charge in [0.05, 0.1) is 7.11 Å². The Balaban J connectivity index is 1.44. The van der Waals surface area contributed by atoms with Crippen LogP contribution in [0.2, 0.25) is 0 Å². The number of ether oxygens (including phenoxy) is 2. The zero-order valence-corrected chi connectivity index (χ0v) is 18.4. The number of nitrogens with zero attached hydrogens (tertiary/aromatic N) is 2. The smallest absolute Gasteiger partial charge is 0.271 e. The van der Waals surface area contributed by atoms with Gasteiger partial charge in [-0.3, -0.25) is 9.78 Å². The summed E-state index contributed by atoms with van der Waals surface area (Å²) in [4.78, 5) is 20.8. The lowest BCUT2D eigenvalue weighted by molar-refractivity contribution is 0.0946. The summed E-state index contributed by atoms with van der Waals surface area (Å²) in [5.41, 5.74) is 2.36. The fourth-order valence-electron chi connectivity index (χ4n) is 3.06. The van der Waals surface area contributed by atoms with Gasteiger partial charge in [-0.15, -0.1) is 11.3 Å². The molecule has 0 radical (unpaired) electrons. The number of hydrogen-bond donors (Lipinski definition) is 1. The lowest BCUT2D eigenvalue weighted by Crippen LogP contribution is -2.23. The molecular weight excluding hydrogens is 448 g/mol. The molecule has 2 aromatic carbocycles. The van der Waals surface area contributed by atoms with E-state index in [0.29, 0.717) is 34.3 Å². The summed E-state index contributed by atoms with van der Waals surface area (Å²) in [6.45, 7) is 0.354. The highest BCUT2D eigenvalue weighted by Gasteiger charge is 2.14. The van der Waals surface area contributed by atoms with Crippen molar-refractivity contribution >= 4 is 17.2 Å². The van der Waals surface area contributed by atoms with Crippen LogP contribution in [0.5, 0.6) is 11.5 Å². The van der Waals surface area contributed by atoms with Gasteiger partial charge < -0.3 is 14.8 Å². The summed E-state index contributed by atoms with van der Waals surface area (Å²) in [7, 11) is 1.49. The third-order valence-electron chi connectivity index (χ3n) is 4.67. The van der Waals surface area contributed by atoms with Crippen LogP contribution in [-0.2, 0) is 13.2 Å². The van der Waals surface area contributed by atoms with Crippen LogP contribution in [0.15, 0.2) is 66.3 Å². The van der Waals surface area contributed by atoms with Gasteiger partial charge >= 0.3 is 0 Å². The first-order chi connectivity index (χ1) is 16.0. The second kappa shape index (κ2) is 10.2. The predicted molar refractivity (Wildman–Crippen MR) is 120 cm³/mol. The molecule has 2 heterocycles. The zero-order valence-electron chi connectivity index (χ0n) is 17.5. The van der Waals surface area contributed by atoms with Crippen molar-refractivity contribution < 1.29 is 23.0 Å². The SMILES string of the molecule is COc1cc(-c2nc(C(=O)NCc3ccncc3)cs2)ccc1OCc1cc(F)cc(F)c1. The Bertz CT molecular complexity index is 1240. The Hall–Kier alpha value is -3.85. The molecule has 4 rings (SSSR count). The number of thiazole rings is 1. The van der Waals surface area contributed by atoms with Gasteiger partial charge in [0, 0.05) is 35.9 Å². The van der Waals surface area contributed by atoms with Crippen molar-refractivity contribution in [3.05, 3.63) is 94.8 Å². The number of rotatable bonds is 8. The molecule has 0 bridgehead atoms. The number of pyridine rings is 1. The maximum absolute atomic E-state index is 13.4. The number of carbonyl (C=O) groups is 1. The second-order valence-electron chi connectivity index (χ2n) is 7.01. The minimum Gasteiger partial charge on any atom is -0.493 e. The van der Waals surface area contributed by atoms with E-state index in [4.69, 9.17) is 9.47 Å². The third kappa shape index (κ3) is 5.69. The fraction of sp³-hybridized carbons (Fsp3) is 0.125. The van der Waals surface area contributed by atoms with E-state index in [2.05, 4.69) is 15.3 Å². The molecule has 0 saturated heterocycles. The average Bonchev–Trinajstić information content (AvgIpc) is 3.32. The van der Waals surface area contributed by atoms with E-state index >= 15 is 0 Å². The Morgan fingerprint density at radius 1 is 1.00 bits per heavy atom. The van der Waals surface area contributed by atoms with Crippen LogP contribution in [0.25, 0.3) is 10.6 Å². The third-order valence-corrected chi connectivity index (χ3v) is 5.56. The van der Waals surface area contributed by atoms with Gasteiger partial charge in [-0.2, -0.15) is 0 Å². The molecule has 0 atom stereocenters. The summed E-state index contributed by atoms with van der Waals surface area (Å²) >= 11 is 1.33. The van der Waals surface area contributed by atoms with Crippen molar-refractivity contribution in [3.8, 4) is 22.1 Å². The number of nitrogens with one attached hydrogen (secondary N) is 1. The van der Waals surface area contributed by atoms with Crippen molar-refractivity contribution in [2.24, 2.45) is 0 Å². The van der Waals surface area contributed by atoms with Crippen molar-refractivity contribution in [2.75, 3.05) is 7.11 Å². The predicted octanol–water partition coefficient (Wildman–Crippen LogP) is 5.00. The van der Waals surface area contributed by atoms with Crippen LogP contribution < -0.4 is 14.8 Å². The number of carbonyl (C=O) groups excluding carboxylic acids is 1. The first-order valence-electron chi connectivity index (χ1n) is 9.90. The van der Waals surface area contributed by atoms with Gasteiger partial charge in [0.2, 0.25) is 0 Å². The lowest BCUT2D eigenvalue weighted by atomic mass is 10.2. The summed E-state index contributed by atoms with van der Waals surface area (Å²) in [6, 6.07) is 12.1. The monoisotopic (exact) mass is 467 g/mol. The van der Waals surface area contributed by atoms with Crippen molar-refractivity contribution in [3.63, 3.8) is 0 Å². The molecule has 6 nitrogen and oxygen atoms in total. The normalized spacial score (nSPS) is 10.6. The summed E-state index contributed by atoms with van der Waals surface area (Å²) < 4.78 is 37.8. The van der Waals surface area contributed by atoms with E-state index in [9.17, 15) is 13.6 Å². The van der Waals surface area contributed by atoms with Crippen LogP contribution in [0.1, 0.15) is 21.6 Å². The molecule has 0 spiro atoms. The number of benzene rings is 2. The molecule has 0 unspecified atom stereocenters. The van der Waals surface area contributed by atoms with Crippen LogP contribution in [-0.4, -0.2) is 23.0 Å². The minimum absolute atomic E-state index is 0.0244. The molecule has 168 valence electrons. The van der Waals surface area contributed by atoms with E-state index < -0.39 is 11.6 Å². The highest BCUT2D eigenvalue weighted by Crippen LogP contribution is 2.34. The summed E-state index contributed by atoms with van der Waals surface area (Å²) in [5, 5.41) is 5.16. The van der Waals surface area contributed by atoms with Gasteiger partial charge in [0.1, 0.15) is 28.9 Å². The minimum atomic E-state index is -0.666. The zero-order chi connectivity index (χ0) is 23.2. The first kappa shape index (κ1) is 22.3. The number of hydrogen-bond acceptors (Lipinski definition) is 6. The van der Waals surface area contributed by atoms with Crippen molar-refractivity contribution in [1.82, 2.24) is 15.3 Å². The fourth-order valence-corrected chi connectivity index (χ4v) is 3.86. The molecule has 2 aromatic heterocycles. The van der Waals surface area contributed by atoms with Crippen LogP contribution in [0, 0.1) is 11.6 Å². The van der Waals surface area contributed by atoms with Crippen LogP contribution in [0.3, 0.4) is 0 Å². The highest BCUT2D eigenvalue weighted by molar-refractivity contribution is 7.13. The van der Waals surface area contributed by atoms with Crippen LogP contribution in [0.4, 0.5) is 8.78 Å². The number of aromatic nitrogens is 2. The molecule has 1 N–H and O–H groups in total. The van der Waals surface area contributed by atoms with E-state index in [0.717, 1.165) is 17.2 Å². The summed E-state index contributed by atoms with van der Waals surface area (Å²) in [6.07, 6.45) is 3.33. The van der Waals surface area contributed by atoms with E-state index in [-0.39, 0.29) is 12.5 Å². The average molecular weight is 467 g/mol. The molecule has 1 amide bonds. The van der Waals surface area contributed by atoms with Gasteiger partial charge in [-0.1, -0.05) is 0 Å². The first-order valence-corrected chi connectivity index (χ1v) is 10.8. The maximum atomic E-state index is 13.4. The Morgan fingerprint density at radius 2 is 1.76 bits per heavy atom. The maximum Gasteiger partial charge on any atom is 0.271 e. The quantitative estimate of drug-likeness (QED) is 0.395. The Labute approximate surface area is 192 Å². The van der Waals surface area contributed by atoms with Gasteiger partial charge in [-0.05, 0) is 53.6 Å². The Kier molecular flexibility index (Phi) is 6.89. The van der Waals surface area contributed by atoms with E-state index in [1.165, 1.54) is 30.6 Å². The lowest BCUT2D eigenvalue weighted by Gasteiger charge is -2.12.